The summed E-state index contributed by atoms with van der Waals surface area (Å²) in [6.07, 6.45) is 9.51. The first-order chi connectivity index (χ1) is 11.8. The second-order valence-electron chi connectivity index (χ2n) is 6.87. The van der Waals surface area contributed by atoms with Crippen molar-refractivity contribution in [2.75, 3.05) is 5.75 Å². The van der Waals surface area contributed by atoms with Crippen LogP contribution in [0.3, 0.4) is 0 Å². The maximum Gasteiger partial charge on any atom is 0.223 e. The summed E-state index contributed by atoms with van der Waals surface area (Å²) in [6.45, 7) is 0. The highest BCUT2D eigenvalue weighted by atomic mass is 32.2. The Bertz CT molecular complexity index is 689. The van der Waals surface area contributed by atoms with Crippen molar-refractivity contribution < 1.29 is 4.79 Å². The summed E-state index contributed by atoms with van der Waals surface area (Å²) in [5, 5.41) is 3.34. The molecule has 1 aromatic heterocycles. The third kappa shape index (κ3) is 3.25. The molecule has 0 saturated heterocycles. The second-order valence-corrected chi connectivity index (χ2v) is 8.01. The van der Waals surface area contributed by atoms with Crippen molar-refractivity contribution in [2.24, 2.45) is 5.92 Å². The van der Waals surface area contributed by atoms with Gasteiger partial charge in [-0.2, -0.15) is 0 Å². The molecule has 1 aliphatic carbocycles. The number of carbonyl (C=O) groups is 1. The highest BCUT2D eigenvalue weighted by molar-refractivity contribution is 7.99. The summed E-state index contributed by atoms with van der Waals surface area (Å²) < 4.78 is 2.29. The van der Waals surface area contributed by atoms with Crippen molar-refractivity contribution in [3.8, 4) is 0 Å². The fourth-order valence-electron chi connectivity index (χ4n) is 4.01. The normalized spacial score (nSPS) is 26.6. The number of hydrogen-bond donors (Lipinski definition) is 1. The first-order valence-corrected chi connectivity index (χ1v) is 9.94. The van der Waals surface area contributed by atoms with E-state index < -0.39 is 0 Å². The monoisotopic (exact) mass is 340 g/mol. The first-order valence-electron chi connectivity index (χ1n) is 8.96. The van der Waals surface area contributed by atoms with E-state index >= 15 is 0 Å². The van der Waals surface area contributed by atoms with Gasteiger partial charge < -0.3 is 9.88 Å². The molecule has 2 heterocycles. The topological polar surface area (TPSA) is 34.0 Å². The second kappa shape index (κ2) is 7.06. The molecule has 1 amide bonds. The fraction of sp³-hybridized carbons (Fsp3) is 0.450. The van der Waals surface area contributed by atoms with Gasteiger partial charge in [0.15, 0.2) is 0 Å². The average Bonchev–Trinajstić information content (AvgIpc) is 3.17. The Morgan fingerprint density at radius 3 is 2.54 bits per heavy atom. The van der Waals surface area contributed by atoms with Crippen LogP contribution in [-0.4, -0.2) is 16.2 Å². The van der Waals surface area contributed by atoms with Gasteiger partial charge in [-0.05, 0) is 55.9 Å². The largest absolute Gasteiger partial charge is 0.351 e. The van der Waals surface area contributed by atoms with Crippen LogP contribution < -0.4 is 5.32 Å². The van der Waals surface area contributed by atoms with E-state index in [1.807, 2.05) is 11.8 Å². The summed E-state index contributed by atoms with van der Waals surface area (Å²) in [4.78, 5) is 14.1. The lowest BCUT2D eigenvalue weighted by atomic mass is 9.85. The van der Waals surface area contributed by atoms with Gasteiger partial charge in [0.2, 0.25) is 5.91 Å². The van der Waals surface area contributed by atoms with Gasteiger partial charge in [-0.1, -0.05) is 18.2 Å². The van der Waals surface area contributed by atoms with Gasteiger partial charge >= 0.3 is 0 Å². The van der Waals surface area contributed by atoms with Gasteiger partial charge in [0.05, 0.1) is 6.04 Å². The van der Waals surface area contributed by atoms with Crippen LogP contribution in [0, 0.1) is 5.92 Å². The van der Waals surface area contributed by atoms with E-state index in [4.69, 9.17) is 0 Å². The molecule has 0 radical (unpaired) electrons. The van der Waals surface area contributed by atoms with Crippen LogP contribution in [0.15, 0.2) is 53.7 Å². The molecule has 24 heavy (non-hydrogen) atoms. The molecular formula is C20H24N2OS. The molecule has 1 aromatic carbocycles. The Labute approximate surface area is 147 Å². The van der Waals surface area contributed by atoms with Gasteiger partial charge in [0, 0.05) is 35.0 Å². The molecule has 1 aliphatic heterocycles. The van der Waals surface area contributed by atoms with Gasteiger partial charge in [-0.25, -0.2) is 0 Å². The van der Waals surface area contributed by atoms with E-state index in [-0.39, 0.29) is 17.9 Å². The summed E-state index contributed by atoms with van der Waals surface area (Å²) in [5.74, 6) is 1.52. The van der Waals surface area contributed by atoms with E-state index in [1.165, 1.54) is 10.5 Å². The predicted molar refractivity (Wildman–Crippen MR) is 98.1 cm³/mol. The highest BCUT2D eigenvalue weighted by Gasteiger charge is 2.29. The van der Waals surface area contributed by atoms with Crippen LogP contribution in [-0.2, 0) is 4.79 Å². The Morgan fingerprint density at radius 1 is 1.00 bits per heavy atom. The maximum atomic E-state index is 12.7. The van der Waals surface area contributed by atoms with Crippen LogP contribution in [0.4, 0.5) is 0 Å². The van der Waals surface area contributed by atoms with E-state index in [9.17, 15) is 4.79 Å². The SMILES string of the molecule is O=C(N[C@H]1CCSc2ccccc21)C1CCC(n2cccc2)CC1. The van der Waals surface area contributed by atoms with Crippen LogP contribution in [0.2, 0.25) is 0 Å². The molecule has 4 heteroatoms. The van der Waals surface area contributed by atoms with Crippen molar-refractivity contribution >= 4 is 17.7 Å². The Kier molecular flexibility index (Phi) is 4.65. The number of hydrogen-bond acceptors (Lipinski definition) is 2. The highest BCUT2D eigenvalue weighted by Crippen LogP contribution is 2.37. The molecule has 1 saturated carbocycles. The van der Waals surface area contributed by atoms with Crippen LogP contribution in [0.1, 0.15) is 49.8 Å². The molecule has 0 bridgehead atoms. The van der Waals surface area contributed by atoms with Crippen molar-refractivity contribution in [3.63, 3.8) is 0 Å². The summed E-state index contributed by atoms with van der Waals surface area (Å²) in [6, 6.07) is 13.4. The molecule has 2 aliphatic rings. The lowest BCUT2D eigenvalue weighted by molar-refractivity contribution is -0.127. The zero-order valence-electron chi connectivity index (χ0n) is 13.9. The number of fused-ring (bicyclic) bond motifs is 1. The number of aromatic nitrogens is 1. The summed E-state index contributed by atoms with van der Waals surface area (Å²) in [7, 11) is 0. The number of amides is 1. The van der Waals surface area contributed by atoms with Gasteiger partial charge in [0.1, 0.15) is 0 Å². The summed E-state index contributed by atoms with van der Waals surface area (Å²) in [5.41, 5.74) is 1.29. The maximum absolute atomic E-state index is 12.7. The number of nitrogens with one attached hydrogen (secondary N) is 1. The number of benzene rings is 1. The number of thioether (sulfide) groups is 1. The molecule has 0 spiro atoms. The lowest BCUT2D eigenvalue weighted by Crippen LogP contribution is -2.37. The first kappa shape index (κ1) is 15.8. The minimum atomic E-state index is 0.179. The Hall–Kier alpha value is -1.68. The molecule has 1 atom stereocenters. The van der Waals surface area contributed by atoms with E-state index in [1.54, 1.807) is 0 Å². The van der Waals surface area contributed by atoms with Crippen molar-refractivity contribution in [1.29, 1.82) is 0 Å². The molecular weight excluding hydrogens is 316 g/mol. The van der Waals surface area contributed by atoms with Crippen LogP contribution >= 0.6 is 11.8 Å². The fourth-order valence-corrected chi connectivity index (χ4v) is 5.13. The minimum Gasteiger partial charge on any atom is -0.351 e. The van der Waals surface area contributed by atoms with Gasteiger partial charge in [-0.15, -0.1) is 11.8 Å². The number of nitrogens with zero attached hydrogens (tertiary/aromatic N) is 1. The van der Waals surface area contributed by atoms with Crippen molar-refractivity contribution in [1.82, 2.24) is 9.88 Å². The molecule has 1 N–H and O–H groups in total. The van der Waals surface area contributed by atoms with E-state index in [2.05, 4.69) is 58.7 Å². The third-order valence-corrected chi connectivity index (χ3v) is 6.51. The molecule has 2 aromatic rings. The zero-order chi connectivity index (χ0) is 16.4. The average molecular weight is 340 g/mol. The molecule has 4 rings (SSSR count). The van der Waals surface area contributed by atoms with Crippen molar-refractivity contribution in [3.05, 3.63) is 54.4 Å². The quantitative estimate of drug-likeness (QED) is 0.888. The van der Waals surface area contributed by atoms with E-state index in [0.717, 1.165) is 37.9 Å². The number of rotatable bonds is 3. The van der Waals surface area contributed by atoms with Crippen LogP contribution in [0.25, 0.3) is 0 Å². The molecule has 0 unspecified atom stereocenters. The lowest BCUT2D eigenvalue weighted by Gasteiger charge is -2.31. The Balaban J connectivity index is 1.36. The van der Waals surface area contributed by atoms with Crippen molar-refractivity contribution in [2.45, 2.75) is 49.1 Å². The van der Waals surface area contributed by atoms with E-state index in [0.29, 0.717) is 6.04 Å². The smallest absolute Gasteiger partial charge is 0.223 e. The zero-order valence-corrected chi connectivity index (χ0v) is 14.7. The van der Waals surface area contributed by atoms with Crippen LogP contribution in [0.5, 0.6) is 0 Å². The number of carbonyl (C=O) groups excluding carboxylic acids is 1. The minimum absolute atomic E-state index is 0.179. The summed E-state index contributed by atoms with van der Waals surface area (Å²) >= 11 is 1.90. The van der Waals surface area contributed by atoms with Gasteiger partial charge in [-0.3, -0.25) is 4.79 Å². The predicted octanol–water partition coefficient (Wildman–Crippen LogP) is 4.57. The molecule has 1 fully saturated rings. The molecule has 126 valence electrons. The Morgan fingerprint density at radius 2 is 1.75 bits per heavy atom. The standard InChI is InChI=1S/C20H24N2OS/c23-20(15-7-9-16(10-8-15)22-12-3-4-13-22)21-18-11-14-24-19-6-2-1-5-17(18)19/h1-6,12-13,15-16,18H,7-11,14H2,(H,21,23)/t15?,16?,18-/m0/s1. The third-order valence-electron chi connectivity index (χ3n) is 5.39. The van der Waals surface area contributed by atoms with Gasteiger partial charge in [0.25, 0.3) is 0 Å². The molecule has 3 nitrogen and oxygen atoms in total.